The summed E-state index contributed by atoms with van der Waals surface area (Å²) in [5.74, 6) is -2.09. The summed E-state index contributed by atoms with van der Waals surface area (Å²) in [6, 6.07) is -0.606. The van der Waals surface area contributed by atoms with Gasteiger partial charge in [0.25, 0.3) is 5.91 Å². The fourth-order valence-electron chi connectivity index (χ4n) is 1.10. The van der Waals surface area contributed by atoms with Gasteiger partial charge in [0.05, 0.1) is 6.54 Å². The first kappa shape index (κ1) is 11.6. The number of hydrogen-bond donors (Lipinski definition) is 3. The van der Waals surface area contributed by atoms with Crippen LogP contribution in [0, 0.1) is 0 Å². The van der Waals surface area contributed by atoms with Crippen LogP contribution in [0.25, 0.3) is 0 Å². The number of amides is 2. The summed E-state index contributed by atoms with van der Waals surface area (Å²) in [5, 5.41) is 28.5. The molecule has 0 saturated carbocycles. The van der Waals surface area contributed by atoms with E-state index in [0.29, 0.717) is 5.71 Å². The lowest BCUT2D eigenvalue weighted by Crippen LogP contribution is -2.50. The average Bonchev–Trinajstić information content (AvgIpc) is 2.42. The van der Waals surface area contributed by atoms with Gasteiger partial charge in [0.15, 0.2) is 5.84 Å². The fraction of sp³-hybridized carbons (Fsp3) is 0.625. The minimum Gasteiger partial charge on any atom is -0.349 e. The normalized spacial score (nSPS) is 19.4. The van der Waals surface area contributed by atoms with Gasteiger partial charge >= 0.3 is 6.03 Å². The van der Waals surface area contributed by atoms with Crippen molar-refractivity contribution in [2.75, 3.05) is 6.54 Å². The summed E-state index contributed by atoms with van der Waals surface area (Å²) in [6.07, 6.45) is 0. The van der Waals surface area contributed by atoms with Crippen LogP contribution in [0.1, 0.15) is 20.8 Å². The molecule has 7 nitrogen and oxygen atoms in total. The van der Waals surface area contributed by atoms with Crippen LogP contribution in [-0.2, 0) is 0 Å². The largest absolute Gasteiger partial charge is 0.349 e. The van der Waals surface area contributed by atoms with Crippen molar-refractivity contribution in [2.45, 2.75) is 26.7 Å². The summed E-state index contributed by atoms with van der Waals surface area (Å²) in [6.45, 7) is 4.70. The molecule has 0 spiro atoms. The van der Waals surface area contributed by atoms with Gasteiger partial charge in [-0.25, -0.2) is 9.69 Å². The van der Waals surface area contributed by atoms with Crippen LogP contribution in [0.5, 0.6) is 0 Å². The Morgan fingerprint density at radius 2 is 2.13 bits per heavy atom. The van der Waals surface area contributed by atoms with Crippen molar-refractivity contribution in [1.29, 1.82) is 0 Å². The first-order valence-electron chi connectivity index (χ1n) is 4.43. The number of amidine groups is 1. The molecular weight excluding hydrogens is 200 g/mol. The molecule has 0 atom stereocenters. The second-order valence-corrected chi connectivity index (χ2v) is 3.53. The van der Waals surface area contributed by atoms with Gasteiger partial charge in [-0.2, -0.15) is 5.10 Å². The highest BCUT2D eigenvalue weighted by Crippen LogP contribution is 2.13. The molecule has 7 heteroatoms. The number of aliphatic hydroxyl groups is 2. The smallest absolute Gasteiger partial charge is 0.327 e. The molecule has 1 heterocycles. The van der Waals surface area contributed by atoms with Crippen LogP contribution in [0.3, 0.4) is 0 Å². The van der Waals surface area contributed by atoms with Crippen molar-refractivity contribution in [2.24, 2.45) is 10.2 Å². The lowest BCUT2D eigenvalue weighted by Gasteiger charge is -2.26. The van der Waals surface area contributed by atoms with Crippen molar-refractivity contribution < 1.29 is 15.0 Å². The maximum absolute atomic E-state index is 11.2. The third-order valence-corrected chi connectivity index (χ3v) is 1.65. The molecule has 15 heavy (non-hydrogen) atoms. The maximum atomic E-state index is 11.2. The molecule has 1 saturated heterocycles. The second kappa shape index (κ2) is 3.95. The SMILES string of the molecule is CC(C)=NN=C1CNC(=O)N1C(C)(O)O. The molecule has 1 aliphatic heterocycles. The van der Waals surface area contributed by atoms with Crippen LogP contribution >= 0.6 is 0 Å². The predicted octanol–water partition coefficient (Wildman–Crippen LogP) is -0.536. The Kier molecular flexibility index (Phi) is 3.06. The summed E-state index contributed by atoms with van der Waals surface area (Å²) in [5.41, 5.74) is 0.708. The van der Waals surface area contributed by atoms with Gasteiger partial charge in [-0.1, -0.05) is 0 Å². The van der Waals surface area contributed by atoms with E-state index in [9.17, 15) is 15.0 Å². The Hall–Kier alpha value is -1.47. The number of rotatable bonds is 2. The molecule has 0 aliphatic carbocycles. The zero-order valence-corrected chi connectivity index (χ0v) is 8.85. The third-order valence-electron chi connectivity index (χ3n) is 1.65. The molecule has 1 aliphatic rings. The second-order valence-electron chi connectivity index (χ2n) is 3.53. The predicted molar refractivity (Wildman–Crippen MR) is 54.3 cm³/mol. The number of hydrogen-bond acceptors (Lipinski definition) is 5. The van der Waals surface area contributed by atoms with E-state index in [4.69, 9.17) is 0 Å². The van der Waals surface area contributed by atoms with E-state index < -0.39 is 11.9 Å². The Balaban J connectivity index is 2.96. The van der Waals surface area contributed by atoms with Crippen LogP contribution in [0.2, 0.25) is 0 Å². The van der Waals surface area contributed by atoms with Crippen LogP contribution in [0.4, 0.5) is 4.79 Å². The maximum Gasteiger partial charge on any atom is 0.327 e. The van der Waals surface area contributed by atoms with Gasteiger partial charge < -0.3 is 15.5 Å². The number of nitrogens with one attached hydrogen (secondary N) is 1. The van der Waals surface area contributed by atoms with Gasteiger partial charge in [-0.05, 0) is 13.8 Å². The topological polar surface area (TPSA) is 97.5 Å². The van der Waals surface area contributed by atoms with Gasteiger partial charge in [-0.3, -0.25) is 0 Å². The molecular formula is C8H14N4O3. The van der Waals surface area contributed by atoms with E-state index in [1.807, 2.05) is 0 Å². The average molecular weight is 214 g/mol. The molecule has 1 rings (SSSR count). The Labute approximate surface area is 87.1 Å². The first-order chi connectivity index (χ1) is 6.82. The highest BCUT2D eigenvalue weighted by molar-refractivity contribution is 6.05. The van der Waals surface area contributed by atoms with Gasteiger partial charge in [0, 0.05) is 12.6 Å². The Bertz CT molecular complexity index is 325. The van der Waals surface area contributed by atoms with Gasteiger partial charge in [-0.15, -0.1) is 5.10 Å². The monoisotopic (exact) mass is 214 g/mol. The van der Waals surface area contributed by atoms with E-state index in [0.717, 1.165) is 11.8 Å². The number of carbonyl (C=O) groups is 1. The van der Waals surface area contributed by atoms with E-state index in [-0.39, 0.29) is 12.4 Å². The molecule has 0 unspecified atom stereocenters. The van der Waals surface area contributed by atoms with E-state index in [1.165, 1.54) is 0 Å². The number of urea groups is 1. The number of nitrogens with zero attached hydrogens (tertiary/aromatic N) is 3. The lowest BCUT2D eigenvalue weighted by atomic mass is 10.4. The van der Waals surface area contributed by atoms with E-state index >= 15 is 0 Å². The number of carbonyl (C=O) groups excluding carboxylic acids is 1. The molecule has 84 valence electrons. The van der Waals surface area contributed by atoms with Crippen molar-refractivity contribution >= 4 is 17.6 Å². The lowest BCUT2D eigenvalue weighted by molar-refractivity contribution is -0.205. The van der Waals surface area contributed by atoms with Crippen LogP contribution in [-0.4, -0.2) is 45.1 Å². The molecule has 0 aromatic heterocycles. The first-order valence-corrected chi connectivity index (χ1v) is 4.43. The quantitative estimate of drug-likeness (QED) is 0.327. The Morgan fingerprint density at radius 1 is 1.53 bits per heavy atom. The molecule has 3 N–H and O–H groups in total. The highest BCUT2D eigenvalue weighted by atomic mass is 16.5. The standard InChI is InChI=1S/C8H14N4O3/c1-5(2)10-11-6-4-9-7(13)12(6)8(3,14)15/h14-15H,4H2,1-3H3,(H,9,13). The summed E-state index contributed by atoms with van der Waals surface area (Å²) in [7, 11) is 0. The van der Waals surface area contributed by atoms with Gasteiger partial charge in [0.1, 0.15) is 0 Å². The molecule has 0 bridgehead atoms. The molecule has 0 aromatic carbocycles. The molecule has 0 aromatic rings. The summed E-state index contributed by atoms with van der Waals surface area (Å²) >= 11 is 0. The minimum atomic E-state index is -2.27. The minimum absolute atomic E-state index is 0.131. The Morgan fingerprint density at radius 3 is 2.60 bits per heavy atom. The molecule has 1 fully saturated rings. The zero-order valence-electron chi connectivity index (χ0n) is 8.85. The molecule has 2 amide bonds. The van der Waals surface area contributed by atoms with Crippen molar-refractivity contribution in [3.63, 3.8) is 0 Å². The van der Waals surface area contributed by atoms with Gasteiger partial charge in [0.2, 0.25) is 0 Å². The van der Waals surface area contributed by atoms with Crippen molar-refractivity contribution in [3.05, 3.63) is 0 Å². The fourth-order valence-corrected chi connectivity index (χ4v) is 1.10. The van der Waals surface area contributed by atoms with E-state index in [2.05, 4.69) is 15.5 Å². The highest BCUT2D eigenvalue weighted by Gasteiger charge is 2.39. The van der Waals surface area contributed by atoms with E-state index in [1.54, 1.807) is 13.8 Å². The van der Waals surface area contributed by atoms with Crippen molar-refractivity contribution in [1.82, 2.24) is 10.2 Å². The zero-order chi connectivity index (χ0) is 11.6. The summed E-state index contributed by atoms with van der Waals surface area (Å²) in [4.78, 5) is 12.0. The third kappa shape index (κ3) is 2.74. The molecule has 0 radical (unpaired) electrons. The summed E-state index contributed by atoms with van der Waals surface area (Å²) < 4.78 is 0. The van der Waals surface area contributed by atoms with Crippen molar-refractivity contribution in [3.8, 4) is 0 Å². The van der Waals surface area contributed by atoms with Crippen LogP contribution < -0.4 is 5.32 Å². The van der Waals surface area contributed by atoms with Crippen LogP contribution in [0.15, 0.2) is 10.2 Å².